The van der Waals surface area contributed by atoms with Crippen LogP contribution in [0.4, 0.5) is 5.82 Å². The second-order valence-corrected chi connectivity index (χ2v) is 6.46. The summed E-state index contributed by atoms with van der Waals surface area (Å²) in [4.78, 5) is 6.94. The number of hydrogen-bond donors (Lipinski definition) is 1. The average Bonchev–Trinajstić information content (AvgIpc) is 2.31. The van der Waals surface area contributed by atoms with Crippen molar-refractivity contribution in [3.8, 4) is 0 Å². The number of nitrogens with one attached hydrogen (secondary N) is 1. The number of aromatic nitrogens is 1. The SMILES string of the molecule is CCN(c1ncc(Br)cc1CNCC(C)C)C(C)C. The van der Waals surface area contributed by atoms with Crippen LogP contribution >= 0.6 is 15.9 Å². The Balaban J connectivity index is 2.90. The minimum Gasteiger partial charge on any atom is -0.354 e. The van der Waals surface area contributed by atoms with E-state index >= 15 is 0 Å². The Kier molecular flexibility index (Phi) is 6.80. The van der Waals surface area contributed by atoms with E-state index in [4.69, 9.17) is 0 Å². The summed E-state index contributed by atoms with van der Waals surface area (Å²) in [5.74, 6) is 1.76. The van der Waals surface area contributed by atoms with Crippen molar-refractivity contribution in [2.75, 3.05) is 18.0 Å². The zero-order chi connectivity index (χ0) is 14.4. The third kappa shape index (κ3) is 5.11. The van der Waals surface area contributed by atoms with Crippen LogP contribution in [0.1, 0.15) is 40.2 Å². The zero-order valence-electron chi connectivity index (χ0n) is 12.7. The van der Waals surface area contributed by atoms with E-state index in [0.29, 0.717) is 12.0 Å². The van der Waals surface area contributed by atoms with Crippen molar-refractivity contribution >= 4 is 21.7 Å². The summed E-state index contributed by atoms with van der Waals surface area (Å²) in [7, 11) is 0. The highest BCUT2D eigenvalue weighted by atomic mass is 79.9. The first-order chi connectivity index (χ1) is 8.95. The van der Waals surface area contributed by atoms with Gasteiger partial charge in [-0.15, -0.1) is 0 Å². The van der Waals surface area contributed by atoms with Crippen LogP contribution < -0.4 is 10.2 Å². The number of pyridine rings is 1. The summed E-state index contributed by atoms with van der Waals surface area (Å²) >= 11 is 3.52. The molecular weight excluding hydrogens is 302 g/mol. The Morgan fingerprint density at radius 3 is 2.53 bits per heavy atom. The Labute approximate surface area is 125 Å². The van der Waals surface area contributed by atoms with Crippen LogP contribution in [0.3, 0.4) is 0 Å². The van der Waals surface area contributed by atoms with Gasteiger partial charge in [-0.3, -0.25) is 0 Å². The molecule has 0 amide bonds. The maximum atomic E-state index is 4.61. The van der Waals surface area contributed by atoms with Crippen molar-refractivity contribution in [2.45, 2.75) is 47.2 Å². The Bertz CT molecular complexity index is 391. The van der Waals surface area contributed by atoms with E-state index in [-0.39, 0.29) is 0 Å². The molecule has 1 heterocycles. The Hall–Kier alpha value is -0.610. The van der Waals surface area contributed by atoms with Crippen LogP contribution in [0.25, 0.3) is 0 Å². The normalized spacial score (nSPS) is 11.4. The van der Waals surface area contributed by atoms with E-state index in [1.807, 2.05) is 6.20 Å². The topological polar surface area (TPSA) is 28.2 Å². The molecule has 0 radical (unpaired) electrons. The molecular formula is C15H26BrN3. The van der Waals surface area contributed by atoms with E-state index < -0.39 is 0 Å². The highest BCUT2D eigenvalue weighted by Gasteiger charge is 2.14. The van der Waals surface area contributed by atoms with Gasteiger partial charge in [0, 0.05) is 35.4 Å². The molecule has 0 aliphatic heterocycles. The summed E-state index contributed by atoms with van der Waals surface area (Å²) in [5, 5.41) is 3.50. The quantitative estimate of drug-likeness (QED) is 0.825. The van der Waals surface area contributed by atoms with Crippen LogP contribution in [0.15, 0.2) is 16.7 Å². The molecule has 0 aliphatic carbocycles. The van der Waals surface area contributed by atoms with Gasteiger partial charge in [-0.25, -0.2) is 4.98 Å². The lowest BCUT2D eigenvalue weighted by atomic mass is 10.2. The zero-order valence-corrected chi connectivity index (χ0v) is 14.3. The number of halogens is 1. The summed E-state index contributed by atoms with van der Waals surface area (Å²) in [6, 6.07) is 2.63. The third-order valence-corrected chi connectivity index (χ3v) is 3.45. The van der Waals surface area contributed by atoms with Gasteiger partial charge in [0.2, 0.25) is 0 Å². The highest BCUT2D eigenvalue weighted by molar-refractivity contribution is 9.10. The molecule has 0 saturated heterocycles. The van der Waals surface area contributed by atoms with Crippen LogP contribution in [0.2, 0.25) is 0 Å². The molecule has 0 bridgehead atoms. The van der Waals surface area contributed by atoms with Crippen molar-refractivity contribution in [3.63, 3.8) is 0 Å². The van der Waals surface area contributed by atoms with Crippen molar-refractivity contribution in [1.29, 1.82) is 0 Å². The fourth-order valence-electron chi connectivity index (χ4n) is 2.12. The lowest BCUT2D eigenvalue weighted by molar-refractivity contribution is 0.550. The Morgan fingerprint density at radius 2 is 2.00 bits per heavy atom. The number of hydrogen-bond acceptors (Lipinski definition) is 3. The van der Waals surface area contributed by atoms with Gasteiger partial charge in [0.1, 0.15) is 5.82 Å². The van der Waals surface area contributed by atoms with Gasteiger partial charge in [0.25, 0.3) is 0 Å². The monoisotopic (exact) mass is 327 g/mol. The minimum absolute atomic E-state index is 0.461. The minimum atomic E-state index is 0.461. The summed E-state index contributed by atoms with van der Waals surface area (Å²) in [6.45, 7) is 13.9. The fourth-order valence-corrected chi connectivity index (χ4v) is 2.50. The van der Waals surface area contributed by atoms with Gasteiger partial charge in [0.05, 0.1) is 0 Å². The van der Waals surface area contributed by atoms with E-state index in [0.717, 1.165) is 29.9 Å². The predicted molar refractivity (Wildman–Crippen MR) is 86.6 cm³/mol. The smallest absolute Gasteiger partial charge is 0.133 e. The number of anilines is 1. The van der Waals surface area contributed by atoms with Crippen LogP contribution in [0.5, 0.6) is 0 Å². The Morgan fingerprint density at radius 1 is 1.32 bits per heavy atom. The average molecular weight is 328 g/mol. The molecule has 108 valence electrons. The van der Waals surface area contributed by atoms with Crippen LogP contribution in [0, 0.1) is 5.92 Å². The summed E-state index contributed by atoms with van der Waals surface area (Å²) in [5.41, 5.74) is 1.26. The highest BCUT2D eigenvalue weighted by Crippen LogP contribution is 2.23. The molecule has 0 unspecified atom stereocenters. The van der Waals surface area contributed by atoms with Gasteiger partial charge in [0.15, 0.2) is 0 Å². The largest absolute Gasteiger partial charge is 0.354 e. The van der Waals surface area contributed by atoms with Crippen LogP contribution in [-0.2, 0) is 6.54 Å². The van der Waals surface area contributed by atoms with Gasteiger partial charge in [-0.2, -0.15) is 0 Å². The lowest BCUT2D eigenvalue weighted by Crippen LogP contribution is -2.33. The molecule has 19 heavy (non-hydrogen) atoms. The first-order valence-corrected chi connectivity index (χ1v) is 7.86. The lowest BCUT2D eigenvalue weighted by Gasteiger charge is -2.28. The van der Waals surface area contributed by atoms with E-state index in [1.54, 1.807) is 0 Å². The third-order valence-electron chi connectivity index (χ3n) is 3.01. The van der Waals surface area contributed by atoms with Gasteiger partial charge in [-0.05, 0) is 55.2 Å². The second-order valence-electron chi connectivity index (χ2n) is 5.54. The first kappa shape index (κ1) is 16.4. The molecule has 1 aromatic rings. The molecule has 0 spiro atoms. The summed E-state index contributed by atoms with van der Waals surface area (Å²) in [6.07, 6.45) is 1.88. The van der Waals surface area contributed by atoms with E-state index in [9.17, 15) is 0 Å². The molecule has 4 heteroatoms. The number of nitrogens with zero attached hydrogens (tertiary/aromatic N) is 2. The van der Waals surface area contributed by atoms with E-state index in [2.05, 4.69) is 71.8 Å². The van der Waals surface area contributed by atoms with Crippen molar-refractivity contribution < 1.29 is 0 Å². The van der Waals surface area contributed by atoms with Crippen molar-refractivity contribution in [1.82, 2.24) is 10.3 Å². The molecule has 0 aromatic carbocycles. The molecule has 3 nitrogen and oxygen atoms in total. The van der Waals surface area contributed by atoms with Crippen molar-refractivity contribution in [3.05, 3.63) is 22.3 Å². The van der Waals surface area contributed by atoms with E-state index in [1.165, 1.54) is 5.56 Å². The molecule has 0 saturated carbocycles. The van der Waals surface area contributed by atoms with Crippen LogP contribution in [-0.4, -0.2) is 24.1 Å². The van der Waals surface area contributed by atoms with Gasteiger partial charge < -0.3 is 10.2 Å². The fraction of sp³-hybridized carbons (Fsp3) is 0.667. The molecule has 0 aliphatic rings. The maximum Gasteiger partial charge on any atom is 0.133 e. The number of rotatable bonds is 7. The molecule has 1 aromatic heterocycles. The first-order valence-electron chi connectivity index (χ1n) is 7.07. The van der Waals surface area contributed by atoms with Gasteiger partial charge in [-0.1, -0.05) is 13.8 Å². The van der Waals surface area contributed by atoms with Gasteiger partial charge >= 0.3 is 0 Å². The maximum absolute atomic E-state index is 4.61. The second kappa shape index (κ2) is 7.85. The molecule has 0 atom stereocenters. The molecule has 0 fully saturated rings. The standard InChI is InChI=1S/C15H26BrN3/c1-6-19(12(4)5)15-13(7-14(16)10-18-15)9-17-8-11(2)3/h7,10-12,17H,6,8-9H2,1-5H3. The molecule has 1 N–H and O–H groups in total. The summed E-state index contributed by atoms with van der Waals surface area (Å²) < 4.78 is 1.04. The predicted octanol–water partition coefficient (Wildman–Crippen LogP) is 3.82. The molecule has 1 rings (SSSR count). The van der Waals surface area contributed by atoms with Crippen molar-refractivity contribution in [2.24, 2.45) is 5.92 Å².